The molecule has 4 amide bonds. The summed E-state index contributed by atoms with van der Waals surface area (Å²) in [5.41, 5.74) is -1.39. The molecule has 0 bridgehead atoms. The Morgan fingerprint density at radius 1 is 0.878 bits per heavy atom. The molecule has 7 nitrogen and oxygen atoms in total. The van der Waals surface area contributed by atoms with Crippen molar-refractivity contribution >= 4 is 76.0 Å². The molecule has 214 valence electrons. The number of ether oxygens (including phenoxy) is 2. The number of alkyl halides is 3. The van der Waals surface area contributed by atoms with E-state index in [1.54, 1.807) is 25.1 Å². The van der Waals surface area contributed by atoms with Gasteiger partial charge in [0.2, 0.25) is 0 Å². The maximum absolute atomic E-state index is 13.3. The summed E-state index contributed by atoms with van der Waals surface area (Å²) in [4.78, 5) is 38.8. The summed E-state index contributed by atoms with van der Waals surface area (Å²) < 4.78 is 51.3. The van der Waals surface area contributed by atoms with Gasteiger partial charge in [0.05, 0.1) is 37.9 Å². The fraction of sp³-hybridized carbons (Fsp3) is 0.148. The molecule has 3 aromatic carbocycles. The fourth-order valence-electron chi connectivity index (χ4n) is 3.76. The minimum atomic E-state index is -4.78. The van der Waals surface area contributed by atoms with Gasteiger partial charge in [-0.25, -0.2) is 9.69 Å². The number of anilines is 1. The number of rotatable bonds is 7. The molecule has 0 radical (unpaired) electrons. The number of nitrogens with zero attached hydrogens (tertiary/aromatic N) is 1. The van der Waals surface area contributed by atoms with Crippen LogP contribution in [0.5, 0.6) is 11.5 Å². The average Bonchev–Trinajstić information content (AvgIpc) is 2.88. The molecule has 1 fully saturated rings. The third kappa shape index (κ3) is 6.73. The van der Waals surface area contributed by atoms with Crippen molar-refractivity contribution in [3.05, 3.63) is 90.9 Å². The predicted octanol–water partition coefficient (Wildman–Crippen LogP) is 7.96. The van der Waals surface area contributed by atoms with E-state index in [4.69, 9.17) is 55.9 Å². The quantitative estimate of drug-likeness (QED) is 0.208. The first-order valence-corrected chi connectivity index (χ1v) is 13.1. The maximum atomic E-state index is 13.3. The molecule has 1 saturated heterocycles. The highest BCUT2D eigenvalue weighted by molar-refractivity contribution is 6.42. The van der Waals surface area contributed by atoms with Crippen LogP contribution in [0.4, 0.5) is 23.7 Å². The van der Waals surface area contributed by atoms with Crippen LogP contribution in [0.25, 0.3) is 6.08 Å². The number of halogens is 7. The van der Waals surface area contributed by atoms with Gasteiger partial charge in [-0.3, -0.25) is 14.9 Å². The number of carbonyl (C=O) groups is 3. The highest BCUT2D eigenvalue weighted by atomic mass is 35.5. The van der Waals surface area contributed by atoms with Gasteiger partial charge < -0.3 is 9.47 Å². The molecule has 0 aliphatic carbocycles. The number of hydrogen-bond acceptors (Lipinski definition) is 5. The Hall–Kier alpha value is -3.44. The number of imide groups is 2. The summed E-state index contributed by atoms with van der Waals surface area (Å²) in [6, 6.07) is 8.61. The number of amides is 4. The lowest BCUT2D eigenvalue weighted by Gasteiger charge is -2.27. The normalized spacial score (nSPS) is 14.9. The van der Waals surface area contributed by atoms with Crippen molar-refractivity contribution in [2.75, 3.05) is 11.5 Å². The zero-order valence-corrected chi connectivity index (χ0v) is 23.8. The van der Waals surface area contributed by atoms with E-state index in [-0.39, 0.29) is 40.3 Å². The molecule has 1 N–H and O–H groups in total. The van der Waals surface area contributed by atoms with E-state index in [1.807, 2.05) is 5.32 Å². The molecule has 1 aliphatic rings. The monoisotopic (exact) mass is 646 g/mol. The molecule has 14 heteroatoms. The molecule has 0 spiro atoms. The van der Waals surface area contributed by atoms with E-state index in [0.29, 0.717) is 32.6 Å². The van der Waals surface area contributed by atoms with Crippen LogP contribution < -0.4 is 19.7 Å². The second kappa shape index (κ2) is 12.2. The minimum absolute atomic E-state index is 0.0484. The summed E-state index contributed by atoms with van der Waals surface area (Å²) in [6.07, 6.45) is -3.67. The molecule has 4 rings (SSSR count). The van der Waals surface area contributed by atoms with E-state index in [1.165, 1.54) is 12.1 Å². The van der Waals surface area contributed by atoms with Gasteiger partial charge in [0.25, 0.3) is 11.8 Å². The van der Waals surface area contributed by atoms with Gasteiger partial charge in [-0.15, -0.1) is 0 Å². The average molecular weight is 648 g/mol. The van der Waals surface area contributed by atoms with Crippen LogP contribution in [0, 0.1) is 0 Å². The summed E-state index contributed by atoms with van der Waals surface area (Å²) in [5, 5.41) is 2.38. The van der Waals surface area contributed by atoms with Crippen LogP contribution in [0.1, 0.15) is 23.6 Å². The van der Waals surface area contributed by atoms with Gasteiger partial charge in [0.1, 0.15) is 12.2 Å². The van der Waals surface area contributed by atoms with Crippen molar-refractivity contribution in [1.82, 2.24) is 5.32 Å². The summed E-state index contributed by atoms with van der Waals surface area (Å²) in [5.74, 6) is -1.94. The summed E-state index contributed by atoms with van der Waals surface area (Å²) >= 11 is 24.5. The molecular weight excluding hydrogens is 631 g/mol. The van der Waals surface area contributed by atoms with Crippen molar-refractivity contribution in [1.29, 1.82) is 0 Å². The largest absolute Gasteiger partial charge is 0.490 e. The van der Waals surface area contributed by atoms with Gasteiger partial charge >= 0.3 is 12.2 Å². The van der Waals surface area contributed by atoms with E-state index in [0.717, 1.165) is 12.1 Å². The molecule has 0 aromatic heterocycles. The molecular formula is C27H17Cl4F3N2O5. The van der Waals surface area contributed by atoms with Crippen LogP contribution in [-0.2, 0) is 22.4 Å². The van der Waals surface area contributed by atoms with Gasteiger partial charge in [0, 0.05) is 0 Å². The third-order valence-electron chi connectivity index (χ3n) is 5.63. The Morgan fingerprint density at radius 3 is 2.24 bits per heavy atom. The van der Waals surface area contributed by atoms with Crippen molar-refractivity contribution in [2.45, 2.75) is 19.7 Å². The van der Waals surface area contributed by atoms with Gasteiger partial charge in [-0.2, -0.15) is 13.2 Å². The Bertz CT molecular complexity index is 1590. The number of urea groups is 1. The van der Waals surface area contributed by atoms with Gasteiger partial charge in [-0.1, -0.05) is 52.5 Å². The topological polar surface area (TPSA) is 84.9 Å². The lowest BCUT2D eigenvalue weighted by atomic mass is 10.1. The first-order chi connectivity index (χ1) is 19.3. The second-order valence-corrected chi connectivity index (χ2v) is 10.1. The molecule has 1 heterocycles. The number of barbiturate groups is 1. The predicted molar refractivity (Wildman–Crippen MR) is 149 cm³/mol. The SMILES string of the molecule is CCOc1cc(/C=C2/C(=O)NC(=O)N(c3cc(C(F)(F)F)ccc3Cl)C2=O)cc(Cl)c1OCc1ccc(Cl)c(Cl)c1. The van der Waals surface area contributed by atoms with Crippen molar-refractivity contribution in [3.8, 4) is 11.5 Å². The molecule has 0 saturated carbocycles. The lowest BCUT2D eigenvalue weighted by Crippen LogP contribution is -2.54. The first-order valence-electron chi connectivity index (χ1n) is 11.6. The molecule has 0 atom stereocenters. The number of carbonyl (C=O) groups excluding carboxylic acids is 3. The highest BCUT2D eigenvalue weighted by Gasteiger charge is 2.39. The molecule has 0 unspecified atom stereocenters. The van der Waals surface area contributed by atoms with Crippen LogP contribution >= 0.6 is 46.4 Å². The lowest BCUT2D eigenvalue weighted by molar-refractivity contribution is -0.137. The first kappa shape index (κ1) is 30.5. The van der Waals surface area contributed by atoms with E-state index < -0.39 is 40.8 Å². The molecule has 41 heavy (non-hydrogen) atoms. The summed E-state index contributed by atoms with van der Waals surface area (Å²) in [7, 11) is 0. The van der Waals surface area contributed by atoms with E-state index in [2.05, 4.69) is 0 Å². The van der Waals surface area contributed by atoms with Gasteiger partial charge in [-0.05, 0) is 66.6 Å². The Kier molecular flexibility index (Phi) is 9.08. The van der Waals surface area contributed by atoms with Crippen molar-refractivity contribution in [2.24, 2.45) is 0 Å². The number of benzene rings is 3. The van der Waals surface area contributed by atoms with Crippen molar-refractivity contribution < 1.29 is 37.0 Å². The van der Waals surface area contributed by atoms with Gasteiger partial charge in [0.15, 0.2) is 11.5 Å². The second-order valence-electron chi connectivity index (χ2n) is 8.42. The van der Waals surface area contributed by atoms with Crippen molar-refractivity contribution in [3.63, 3.8) is 0 Å². The van der Waals surface area contributed by atoms with Crippen LogP contribution in [0.3, 0.4) is 0 Å². The standard InChI is InChI=1S/C27H17Cl4F3N2O5/c1-2-40-22-10-14(9-20(31)23(22)41-12-13-3-5-17(28)19(30)8-13)7-16-24(37)35-26(39)36(25(16)38)21-11-15(27(32,33)34)4-6-18(21)29/h3-11H,2,12H2,1H3,(H,35,37,39)/b16-7-. The fourth-order valence-corrected chi connectivity index (χ4v) is 4.56. The highest BCUT2D eigenvalue weighted by Crippen LogP contribution is 2.39. The number of nitrogens with one attached hydrogen (secondary N) is 1. The van der Waals surface area contributed by atoms with E-state index in [9.17, 15) is 27.6 Å². The zero-order chi connectivity index (χ0) is 30.1. The summed E-state index contributed by atoms with van der Waals surface area (Å²) in [6.45, 7) is 1.96. The van der Waals surface area contributed by atoms with Crippen LogP contribution in [-0.4, -0.2) is 24.5 Å². The number of hydrogen-bond donors (Lipinski definition) is 1. The third-order valence-corrected chi connectivity index (χ3v) is 6.97. The van der Waals surface area contributed by atoms with Crippen LogP contribution in [0.2, 0.25) is 20.1 Å². The zero-order valence-electron chi connectivity index (χ0n) is 20.7. The van der Waals surface area contributed by atoms with Crippen LogP contribution in [0.15, 0.2) is 54.1 Å². The molecule has 3 aromatic rings. The maximum Gasteiger partial charge on any atom is 0.416 e. The Morgan fingerprint density at radius 2 is 1.59 bits per heavy atom. The smallest absolute Gasteiger partial charge is 0.416 e. The Balaban J connectivity index is 1.69. The Labute approximate surface area is 251 Å². The molecule has 1 aliphatic heterocycles. The van der Waals surface area contributed by atoms with E-state index >= 15 is 0 Å². The minimum Gasteiger partial charge on any atom is -0.490 e.